The normalized spacial score (nSPS) is 22.9. The smallest absolute Gasteiger partial charge is 0.161 e. The standard InChI is InChI=1S/C55H44N2/c1-3-4-17-41-33(2)50(54-56-52(37-15-6-5-7-16-37)47-26-23-36-14-8-9-18-42(36)53(47)57-54)45-20-10-11-21-46(45)51(41)38-24-25-44-43-19-12-13-22-48(43)55(49(44)32-38)39-28-34-27-35(30-39)31-40(55)29-34/h3-26,32,34-35,39-40H,1,27-31H2,2H3/b17-4-. The van der Waals surface area contributed by atoms with E-state index in [0.29, 0.717) is 11.8 Å². The van der Waals surface area contributed by atoms with E-state index in [1.165, 1.54) is 81.6 Å². The molecule has 1 spiro atoms. The van der Waals surface area contributed by atoms with Crippen molar-refractivity contribution in [3.05, 3.63) is 174 Å². The van der Waals surface area contributed by atoms with Gasteiger partial charge in [-0.25, -0.2) is 9.97 Å². The molecule has 4 fully saturated rings. The van der Waals surface area contributed by atoms with Crippen molar-refractivity contribution in [2.24, 2.45) is 23.7 Å². The summed E-state index contributed by atoms with van der Waals surface area (Å²) in [6, 6.07) is 49.5. The Bertz CT molecular complexity index is 2980. The van der Waals surface area contributed by atoms with Crippen LogP contribution in [0.4, 0.5) is 0 Å². The van der Waals surface area contributed by atoms with E-state index in [2.05, 4.69) is 159 Å². The molecule has 0 amide bonds. The molecule has 0 unspecified atom stereocenters. The quantitative estimate of drug-likeness (QED) is 0.130. The van der Waals surface area contributed by atoms with Gasteiger partial charge in [-0.15, -0.1) is 0 Å². The van der Waals surface area contributed by atoms with E-state index in [4.69, 9.17) is 9.97 Å². The molecular weight excluding hydrogens is 689 g/mol. The zero-order chi connectivity index (χ0) is 37.8. The second-order valence-corrected chi connectivity index (χ2v) is 17.4. The zero-order valence-electron chi connectivity index (χ0n) is 32.4. The molecule has 2 heteroatoms. The van der Waals surface area contributed by atoms with Crippen molar-refractivity contribution in [2.75, 3.05) is 0 Å². The SMILES string of the molecule is C=C/C=C\c1c(C)c(-c2nc(-c3ccccc3)c3ccc4ccccc4c3n2)c2ccccc2c1-c1ccc2c(c1)C1(c3ccccc3-2)C2CC3CC(C2)CC1C3. The maximum Gasteiger partial charge on any atom is 0.161 e. The van der Waals surface area contributed by atoms with Crippen LogP contribution in [0.3, 0.4) is 0 Å². The van der Waals surface area contributed by atoms with Crippen LogP contribution in [0.5, 0.6) is 0 Å². The number of aromatic nitrogens is 2. The first kappa shape index (κ1) is 33.1. The lowest BCUT2D eigenvalue weighted by molar-refractivity contribution is -0.0399. The molecule has 2 nitrogen and oxygen atoms in total. The van der Waals surface area contributed by atoms with Gasteiger partial charge in [0.25, 0.3) is 0 Å². The predicted octanol–water partition coefficient (Wildman–Crippen LogP) is 14.2. The summed E-state index contributed by atoms with van der Waals surface area (Å²) in [5.41, 5.74) is 15.2. The van der Waals surface area contributed by atoms with Crippen LogP contribution in [0.1, 0.15) is 54.4 Å². The fraction of sp³-hybridized carbons (Fsp3) is 0.200. The first-order valence-corrected chi connectivity index (χ1v) is 21.0. The van der Waals surface area contributed by atoms with Crippen molar-refractivity contribution in [3.63, 3.8) is 0 Å². The lowest BCUT2D eigenvalue weighted by Gasteiger charge is -2.61. The second kappa shape index (κ2) is 12.4. The van der Waals surface area contributed by atoms with Gasteiger partial charge in [-0.05, 0) is 135 Å². The third-order valence-electron chi connectivity index (χ3n) is 14.6. The summed E-state index contributed by atoms with van der Waals surface area (Å²) in [5, 5.41) is 5.77. The maximum absolute atomic E-state index is 5.51. The Hall–Kier alpha value is -6.12. The van der Waals surface area contributed by atoms with Crippen LogP contribution in [0.25, 0.3) is 83.4 Å². The summed E-state index contributed by atoms with van der Waals surface area (Å²) < 4.78 is 0. The number of benzene rings is 7. The summed E-state index contributed by atoms with van der Waals surface area (Å²) in [4.78, 5) is 11.0. The average molecular weight is 733 g/mol. The number of hydrogen-bond donors (Lipinski definition) is 0. The Kier molecular flexibility index (Phi) is 7.21. The van der Waals surface area contributed by atoms with Gasteiger partial charge in [0, 0.05) is 27.3 Å². The Morgan fingerprint density at radius 3 is 2.02 bits per heavy atom. The lowest BCUT2D eigenvalue weighted by Crippen LogP contribution is -2.55. The van der Waals surface area contributed by atoms with Crippen LogP contribution in [0.2, 0.25) is 0 Å². The summed E-state index contributed by atoms with van der Waals surface area (Å²) in [6.45, 7) is 6.39. The molecule has 274 valence electrons. The highest BCUT2D eigenvalue weighted by molar-refractivity contribution is 6.12. The first-order chi connectivity index (χ1) is 28.1. The number of nitrogens with zero attached hydrogens (tertiary/aromatic N) is 2. The lowest BCUT2D eigenvalue weighted by atomic mass is 9.43. The monoisotopic (exact) mass is 732 g/mol. The van der Waals surface area contributed by atoms with Gasteiger partial charge in [0.2, 0.25) is 0 Å². The van der Waals surface area contributed by atoms with Crippen LogP contribution in [-0.2, 0) is 5.41 Å². The first-order valence-electron chi connectivity index (χ1n) is 21.0. The van der Waals surface area contributed by atoms with Gasteiger partial charge in [0.1, 0.15) is 0 Å². The minimum atomic E-state index is 0.104. The van der Waals surface area contributed by atoms with E-state index in [-0.39, 0.29) is 5.41 Å². The van der Waals surface area contributed by atoms with Crippen molar-refractivity contribution in [3.8, 4) is 44.9 Å². The van der Waals surface area contributed by atoms with Crippen molar-refractivity contribution < 1.29 is 0 Å². The third-order valence-corrected chi connectivity index (χ3v) is 14.6. The maximum atomic E-state index is 5.51. The summed E-state index contributed by atoms with van der Waals surface area (Å²) in [5.74, 6) is 4.00. The molecule has 57 heavy (non-hydrogen) atoms. The minimum Gasteiger partial charge on any atom is -0.227 e. The molecule has 0 saturated heterocycles. The topological polar surface area (TPSA) is 25.8 Å². The van der Waals surface area contributed by atoms with Crippen LogP contribution in [-0.4, -0.2) is 9.97 Å². The molecule has 7 aromatic carbocycles. The Balaban J connectivity index is 1.13. The summed E-state index contributed by atoms with van der Waals surface area (Å²) in [6.07, 6.45) is 13.2. The molecule has 0 aliphatic heterocycles. The number of allylic oxidation sites excluding steroid dienone is 2. The largest absolute Gasteiger partial charge is 0.227 e. The van der Waals surface area contributed by atoms with Gasteiger partial charge in [-0.3, -0.25) is 0 Å². The molecule has 1 aromatic heterocycles. The highest BCUT2D eigenvalue weighted by Crippen LogP contribution is 2.69. The van der Waals surface area contributed by atoms with Crippen LogP contribution >= 0.6 is 0 Å². The third kappa shape index (κ3) is 4.65. The average Bonchev–Trinajstić information content (AvgIpc) is 3.54. The highest BCUT2D eigenvalue weighted by Gasteiger charge is 2.61. The van der Waals surface area contributed by atoms with Gasteiger partial charge >= 0.3 is 0 Å². The van der Waals surface area contributed by atoms with Crippen LogP contribution < -0.4 is 0 Å². The van der Waals surface area contributed by atoms with E-state index in [1.807, 2.05) is 6.08 Å². The summed E-state index contributed by atoms with van der Waals surface area (Å²) >= 11 is 0. The molecule has 0 N–H and O–H groups in total. The Labute approximate surface area is 334 Å². The van der Waals surface area contributed by atoms with Gasteiger partial charge in [0.15, 0.2) is 5.82 Å². The molecule has 13 rings (SSSR count). The molecule has 5 aliphatic carbocycles. The van der Waals surface area contributed by atoms with E-state index < -0.39 is 0 Å². The van der Waals surface area contributed by atoms with Gasteiger partial charge in [-0.1, -0.05) is 146 Å². The van der Waals surface area contributed by atoms with Crippen molar-refractivity contribution in [1.29, 1.82) is 0 Å². The molecule has 5 aliphatic rings. The molecule has 0 atom stereocenters. The Morgan fingerprint density at radius 1 is 0.579 bits per heavy atom. The van der Waals surface area contributed by atoms with E-state index in [9.17, 15) is 0 Å². The molecule has 1 heterocycles. The molecule has 4 bridgehead atoms. The fourth-order valence-corrected chi connectivity index (χ4v) is 12.7. The number of hydrogen-bond acceptors (Lipinski definition) is 2. The van der Waals surface area contributed by atoms with E-state index in [0.717, 1.165) is 50.8 Å². The van der Waals surface area contributed by atoms with Crippen molar-refractivity contribution in [1.82, 2.24) is 9.97 Å². The highest BCUT2D eigenvalue weighted by atomic mass is 14.9. The predicted molar refractivity (Wildman–Crippen MR) is 238 cm³/mol. The van der Waals surface area contributed by atoms with Crippen LogP contribution in [0, 0.1) is 30.6 Å². The summed E-state index contributed by atoms with van der Waals surface area (Å²) in [7, 11) is 0. The van der Waals surface area contributed by atoms with Gasteiger partial charge < -0.3 is 0 Å². The molecule has 0 radical (unpaired) electrons. The molecule has 4 saturated carbocycles. The Morgan fingerprint density at radius 2 is 1.25 bits per heavy atom. The van der Waals surface area contributed by atoms with Crippen LogP contribution in [0.15, 0.2) is 152 Å². The van der Waals surface area contributed by atoms with E-state index >= 15 is 0 Å². The molecular formula is C55H44N2. The van der Waals surface area contributed by atoms with Gasteiger partial charge in [-0.2, -0.15) is 0 Å². The van der Waals surface area contributed by atoms with Gasteiger partial charge in [0.05, 0.1) is 11.2 Å². The van der Waals surface area contributed by atoms with Crippen molar-refractivity contribution >= 4 is 38.5 Å². The minimum absolute atomic E-state index is 0.104. The van der Waals surface area contributed by atoms with E-state index in [1.54, 1.807) is 11.1 Å². The molecule has 8 aromatic rings. The number of rotatable bonds is 5. The number of fused-ring (bicyclic) bond motifs is 7. The fourth-order valence-electron chi connectivity index (χ4n) is 12.7. The van der Waals surface area contributed by atoms with Crippen molar-refractivity contribution in [2.45, 2.75) is 44.4 Å². The second-order valence-electron chi connectivity index (χ2n) is 17.4. The zero-order valence-corrected chi connectivity index (χ0v) is 32.4.